The number of nitrogens with one attached hydrogen (secondary N) is 1. The molecule has 0 radical (unpaired) electrons. The lowest BCUT2D eigenvalue weighted by atomic mass is 10.1. The minimum absolute atomic E-state index is 0.0972. The van der Waals surface area contributed by atoms with E-state index in [1.165, 1.54) is 17.7 Å². The summed E-state index contributed by atoms with van der Waals surface area (Å²) in [6.45, 7) is 3.41. The third-order valence-corrected chi connectivity index (χ3v) is 5.36. The number of hydrogen-bond acceptors (Lipinski definition) is 2. The van der Waals surface area contributed by atoms with Crippen molar-refractivity contribution in [1.29, 1.82) is 0 Å². The van der Waals surface area contributed by atoms with Crippen molar-refractivity contribution in [1.82, 2.24) is 4.90 Å². The zero-order chi connectivity index (χ0) is 18.4. The van der Waals surface area contributed by atoms with Crippen molar-refractivity contribution in [3.8, 4) is 0 Å². The normalized spacial score (nSPS) is 15.6. The summed E-state index contributed by atoms with van der Waals surface area (Å²) >= 11 is 6.44. The van der Waals surface area contributed by atoms with E-state index in [1.807, 2.05) is 54.6 Å². The van der Waals surface area contributed by atoms with Crippen molar-refractivity contribution >= 4 is 17.7 Å². The first-order chi connectivity index (χ1) is 12.6. The molecule has 2 aromatic rings. The summed E-state index contributed by atoms with van der Waals surface area (Å²) in [5.41, 5.74) is 1.96. The number of hydrogen-bond donors (Lipinski definition) is 1. The topological polar surface area (TPSA) is 34.0 Å². The summed E-state index contributed by atoms with van der Waals surface area (Å²) in [7, 11) is 1.80. The van der Waals surface area contributed by atoms with Crippen molar-refractivity contribution in [2.24, 2.45) is 0 Å². The Bertz CT molecular complexity index is 717. The molecule has 0 aliphatic carbocycles. The van der Waals surface area contributed by atoms with Crippen molar-refractivity contribution in [2.45, 2.75) is 25.5 Å². The first-order valence-electron chi connectivity index (χ1n) is 9.16. The molecule has 5 heteroatoms. The molecule has 1 N–H and O–H groups in total. The summed E-state index contributed by atoms with van der Waals surface area (Å²) in [5.74, 6) is 0. The van der Waals surface area contributed by atoms with E-state index < -0.39 is 0 Å². The van der Waals surface area contributed by atoms with Gasteiger partial charge in [0.25, 0.3) is 0 Å². The lowest BCUT2D eigenvalue weighted by Crippen LogP contribution is -3.10. The Hall–Kier alpha value is -2.04. The van der Waals surface area contributed by atoms with E-state index in [0.29, 0.717) is 5.02 Å². The van der Waals surface area contributed by atoms with Crippen molar-refractivity contribution < 1.29 is 14.4 Å². The number of benzene rings is 2. The average Bonchev–Trinajstić information content (AvgIpc) is 3.18. The molecule has 0 bridgehead atoms. The zero-order valence-electron chi connectivity index (χ0n) is 15.2. The van der Waals surface area contributed by atoms with Gasteiger partial charge in [0.15, 0.2) is 0 Å². The van der Waals surface area contributed by atoms with Crippen LogP contribution in [0.3, 0.4) is 0 Å². The van der Waals surface area contributed by atoms with Crippen LogP contribution in [0.1, 0.15) is 30.0 Å². The maximum Gasteiger partial charge on any atom is 0.410 e. The molecule has 3 rings (SSSR count). The fraction of sp³-hybridized carbons (Fsp3) is 0.381. The van der Waals surface area contributed by atoms with Crippen LogP contribution in [0.25, 0.3) is 0 Å². The predicted octanol–water partition coefficient (Wildman–Crippen LogP) is 3.33. The molecular formula is C21H26ClN2O2+. The monoisotopic (exact) mass is 373 g/mol. The number of rotatable bonds is 6. The van der Waals surface area contributed by atoms with E-state index in [0.717, 1.165) is 30.8 Å². The fourth-order valence-electron chi connectivity index (χ4n) is 3.50. The van der Waals surface area contributed by atoms with Crippen molar-refractivity contribution in [3.05, 3.63) is 70.7 Å². The third-order valence-electron chi connectivity index (χ3n) is 5.02. The molecule has 2 aromatic carbocycles. The molecule has 0 spiro atoms. The number of carbonyl (C=O) groups is 1. The van der Waals surface area contributed by atoms with Gasteiger partial charge >= 0.3 is 6.09 Å². The van der Waals surface area contributed by atoms with Gasteiger partial charge in [-0.1, -0.05) is 60.1 Å². The van der Waals surface area contributed by atoms with E-state index >= 15 is 0 Å². The number of quaternary nitrogens is 1. The Balaban J connectivity index is 1.72. The first kappa shape index (κ1) is 18.7. The minimum atomic E-state index is -0.322. The highest BCUT2D eigenvalue weighted by atomic mass is 35.5. The molecule has 0 saturated carbocycles. The van der Waals surface area contributed by atoms with Crippen LogP contribution in [-0.4, -0.2) is 37.7 Å². The summed E-state index contributed by atoms with van der Waals surface area (Å²) in [6.07, 6.45) is 2.16. The second kappa shape index (κ2) is 9.06. The second-order valence-corrected chi connectivity index (χ2v) is 7.26. The molecule has 1 atom stereocenters. The lowest BCUT2D eigenvalue weighted by molar-refractivity contribution is -0.890. The van der Waals surface area contributed by atoms with Crippen molar-refractivity contribution in [3.63, 3.8) is 0 Å². The number of halogens is 1. The maximum atomic E-state index is 12.7. The van der Waals surface area contributed by atoms with Crippen LogP contribution in [0.4, 0.5) is 4.79 Å². The van der Waals surface area contributed by atoms with Crippen LogP contribution in [0.15, 0.2) is 54.6 Å². The van der Waals surface area contributed by atoms with E-state index in [1.54, 1.807) is 11.9 Å². The number of likely N-dealkylation sites (tertiary alicyclic amines) is 1. The molecule has 138 valence electrons. The molecule has 1 amide bonds. The number of nitrogens with zero attached hydrogens (tertiary/aromatic N) is 1. The van der Waals surface area contributed by atoms with Gasteiger partial charge in [0.2, 0.25) is 0 Å². The molecule has 26 heavy (non-hydrogen) atoms. The molecular weight excluding hydrogens is 348 g/mol. The van der Waals surface area contributed by atoms with Crippen LogP contribution in [0.5, 0.6) is 0 Å². The molecule has 4 nitrogen and oxygen atoms in total. The van der Waals surface area contributed by atoms with E-state index in [2.05, 4.69) is 0 Å². The van der Waals surface area contributed by atoms with Crippen LogP contribution in [0, 0.1) is 0 Å². The van der Waals surface area contributed by atoms with Gasteiger partial charge in [0.1, 0.15) is 19.2 Å². The van der Waals surface area contributed by atoms with Gasteiger partial charge in [-0.25, -0.2) is 4.79 Å². The minimum Gasteiger partial charge on any atom is -0.445 e. The van der Waals surface area contributed by atoms with Gasteiger partial charge in [-0.2, -0.15) is 0 Å². The molecule has 1 saturated heterocycles. The Labute approximate surface area is 160 Å². The van der Waals surface area contributed by atoms with E-state index in [9.17, 15) is 4.79 Å². The molecule has 0 aromatic heterocycles. The van der Waals surface area contributed by atoms with Gasteiger partial charge in [-0.05, 0) is 17.2 Å². The second-order valence-electron chi connectivity index (χ2n) is 6.85. The third kappa shape index (κ3) is 4.77. The number of amides is 1. The maximum absolute atomic E-state index is 12.7. The van der Waals surface area contributed by atoms with Gasteiger partial charge in [0.05, 0.1) is 13.1 Å². The molecule has 1 heterocycles. The molecule has 1 aliphatic heterocycles. The summed E-state index contributed by atoms with van der Waals surface area (Å²) in [4.78, 5) is 15.9. The van der Waals surface area contributed by atoms with Crippen LogP contribution >= 0.6 is 11.6 Å². The van der Waals surface area contributed by atoms with Crippen molar-refractivity contribution in [2.75, 3.05) is 26.7 Å². The fourth-order valence-corrected chi connectivity index (χ4v) is 3.76. The Morgan fingerprint density at radius 1 is 1.12 bits per heavy atom. The molecule has 1 aliphatic rings. The van der Waals surface area contributed by atoms with E-state index in [-0.39, 0.29) is 18.7 Å². The SMILES string of the molecule is CN(C(=O)OCc1ccccc1)[C@H](C[NH+]1CCCC1)c1ccccc1Cl. The quantitative estimate of drug-likeness (QED) is 0.842. The smallest absolute Gasteiger partial charge is 0.410 e. The molecule has 0 unspecified atom stereocenters. The molecule has 1 fully saturated rings. The number of carbonyl (C=O) groups excluding carboxylic acids is 1. The summed E-state index contributed by atoms with van der Waals surface area (Å²) in [6, 6.07) is 17.4. The van der Waals surface area contributed by atoms with Gasteiger partial charge in [-0.15, -0.1) is 0 Å². The predicted molar refractivity (Wildman–Crippen MR) is 103 cm³/mol. The average molecular weight is 374 g/mol. The lowest BCUT2D eigenvalue weighted by Gasteiger charge is -2.30. The number of ether oxygens (including phenoxy) is 1. The highest BCUT2D eigenvalue weighted by Crippen LogP contribution is 2.26. The summed E-state index contributed by atoms with van der Waals surface area (Å²) < 4.78 is 5.53. The van der Waals surface area contributed by atoms with E-state index in [4.69, 9.17) is 16.3 Å². The van der Waals surface area contributed by atoms with Crippen LogP contribution < -0.4 is 4.90 Å². The Kier molecular flexibility index (Phi) is 6.53. The largest absolute Gasteiger partial charge is 0.445 e. The van der Waals surface area contributed by atoms with Crippen LogP contribution in [-0.2, 0) is 11.3 Å². The van der Waals surface area contributed by atoms with Gasteiger partial charge in [-0.3, -0.25) is 4.90 Å². The Morgan fingerprint density at radius 3 is 2.46 bits per heavy atom. The highest BCUT2D eigenvalue weighted by molar-refractivity contribution is 6.31. The van der Waals surface area contributed by atoms with Crippen LogP contribution in [0.2, 0.25) is 5.02 Å². The Morgan fingerprint density at radius 2 is 1.77 bits per heavy atom. The standard InChI is InChI=1S/C21H25ClN2O2/c1-23(21(25)26-16-17-9-3-2-4-10-17)20(15-24-13-7-8-14-24)18-11-5-6-12-19(18)22/h2-6,9-12,20H,7-8,13-16H2,1H3/p+1/t20-/m1/s1. The summed E-state index contributed by atoms with van der Waals surface area (Å²) in [5, 5.41) is 0.693. The highest BCUT2D eigenvalue weighted by Gasteiger charge is 2.30. The zero-order valence-corrected chi connectivity index (χ0v) is 15.9. The first-order valence-corrected chi connectivity index (χ1v) is 9.54. The number of likely N-dealkylation sites (N-methyl/N-ethyl adjacent to an activating group) is 1. The van der Waals surface area contributed by atoms with Gasteiger partial charge < -0.3 is 9.64 Å². The van der Waals surface area contributed by atoms with Gasteiger partial charge in [0, 0.05) is 24.9 Å².